The van der Waals surface area contributed by atoms with Gasteiger partial charge in [-0.1, -0.05) is 18.1 Å². The van der Waals surface area contributed by atoms with E-state index in [1.165, 1.54) is 13.3 Å². The number of methoxy groups -OCH3 is 1. The number of hydrogen-bond donors (Lipinski definition) is 2. The van der Waals surface area contributed by atoms with Crippen LogP contribution in [0.25, 0.3) is 10.9 Å². The maximum Gasteiger partial charge on any atom is 0.248 e. The lowest BCUT2D eigenvalue weighted by Gasteiger charge is -2.16. The summed E-state index contributed by atoms with van der Waals surface area (Å²) in [5, 5.41) is 16.6. The van der Waals surface area contributed by atoms with Gasteiger partial charge in [0.15, 0.2) is 0 Å². The minimum Gasteiger partial charge on any atom is -0.494 e. The predicted octanol–water partition coefficient (Wildman–Crippen LogP) is 4.43. The van der Waals surface area contributed by atoms with Gasteiger partial charge in [-0.2, -0.15) is 5.26 Å². The summed E-state index contributed by atoms with van der Waals surface area (Å²) in [7, 11) is 3.59. The molecule has 1 fully saturated rings. The van der Waals surface area contributed by atoms with Gasteiger partial charge in [-0.05, 0) is 50.7 Å². The van der Waals surface area contributed by atoms with E-state index in [1.54, 1.807) is 18.2 Å². The van der Waals surface area contributed by atoms with Crippen LogP contribution in [0, 0.1) is 23.7 Å². The number of anilines is 3. The molecule has 0 bridgehead atoms. The average Bonchev–Trinajstić information content (AvgIpc) is 3.27. The van der Waals surface area contributed by atoms with E-state index in [0.29, 0.717) is 33.6 Å². The smallest absolute Gasteiger partial charge is 0.248 e. The second-order valence-corrected chi connectivity index (χ2v) is 8.12. The molecule has 1 atom stereocenters. The van der Waals surface area contributed by atoms with Gasteiger partial charge in [0.2, 0.25) is 5.91 Å². The highest BCUT2D eigenvalue weighted by Gasteiger charge is 2.19. The van der Waals surface area contributed by atoms with E-state index in [4.69, 9.17) is 11.2 Å². The quantitative estimate of drug-likeness (QED) is 0.426. The number of amides is 1. The van der Waals surface area contributed by atoms with Gasteiger partial charge in [0.1, 0.15) is 11.8 Å². The molecule has 1 saturated heterocycles. The summed E-state index contributed by atoms with van der Waals surface area (Å²) >= 11 is 0. The lowest BCUT2D eigenvalue weighted by atomic mass is 10.1. The first kappa shape index (κ1) is 22.8. The number of likely N-dealkylation sites (N-methyl/N-ethyl adjacent to an activating group) is 1. The summed E-state index contributed by atoms with van der Waals surface area (Å²) in [6.07, 6.45) is 12.7. The molecule has 2 heterocycles. The molecule has 0 saturated carbocycles. The highest BCUT2D eigenvalue weighted by atomic mass is 16.5. The largest absolute Gasteiger partial charge is 0.494 e. The van der Waals surface area contributed by atoms with Crippen LogP contribution in [0.4, 0.5) is 17.1 Å². The summed E-state index contributed by atoms with van der Waals surface area (Å²) in [6, 6.07) is 13.3. The average molecular weight is 452 g/mol. The number of aromatic nitrogens is 1. The van der Waals surface area contributed by atoms with Gasteiger partial charge in [0, 0.05) is 41.0 Å². The van der Waals surface area contributed by atoms with Crippen molar-refractivity contribution in [2.24, 2.45) is 0 Å². The van der Waals surface area contributed by atoms with Crippen LogP contribution in [0.3, 0.4) is 0 Å². The third kappa shape index (κ3) is 4.85. The first-order chi connectivity index (χ1) is 16.5. The van der Waals surface area contributed by atoms with Gasteiger partial charge in [-0.3, -0.25) is 14.7 Å². The van der Waals surface area contributed by atoms with Gasteiger partial charge >= 0.3 is 0 Å². The number of ether oxygens (including phenoxy) is 1. The highest BCUT2D eigenvalue weighted by Crippen LogP contribution is 2.36. The van der Waals surface area contributed by atoms with Crippen LogP contribution in [0.15, 0.2) is 54.7 Å². The van der Waals surface area contributed by atoms with Gasteiger partial charge in [0.05, 0.1) is 29.6 Å². The van der Waals surface area contributed by atoms with Crippen molar-refractivity contribution >= 4 is 33.9 Å². The van der Waals surface area contributed by atoms with Crippen molar-refractivity contribution in [1.29, 1.82) is 5.26 Å². The highest BCUT2D eigenvalue weighted by molar-refractivity contribution is 6.04. The maximum atomic E-state index is 12.7. The van der Waals surface area contributed by atoms with Gasteiger partial charge in [-0.25, -0.2) is 0 Å². The lowest BCUT2D eigenvalue weighted by Crippen LogP contribution is -2.23. The van der Waals surface area contributed by atoms with Crippen LogP contribution in [0.5, 0.6) is 5.75 Å². The SMILES string of the molecule is C#Cc1cccc(Nc2c(C#N)cnc3cc(OC)c(NC(=O)/C=C/C4CCCN4C)cc23)c1. The minimum absolute atomic E-state index is 0.251. The Morgan fingerprint density at radius 1 is 1.35 bits per heavy atom. The van der Waals surface area contributed by atoms with E-state index in [-0.39, 0.29) is 11.9 Å². The molecule has 0 spiro atoms. The molecule has 0 aliphatic carbocycles. The Kier molecular flexibility index (Phi) is 6.77. The Morgan fingerprint density at radius 2 is 2.21 bits per heavy atom. The standard InChI is InChI=1S/C27H25N5O2/c1-4-18-7-5-8-20(13-18)30-27-19(16-28)17-29-23-15-25(34-3)24(14-22(23)27)31-26(33)11-10-21-9-6-12-32(21)2/h1,5,7-8,10-11,13-15,17,21H,6,9,12H2,2-3H3,(H,29,30)(H,31,33)/b11-10+. The monoisotopic (exact) mass is 451 g/mol. The third-order valence-corrected chi connectivity index (χ3v) is 5.91. The number of likely N-dealkylation sites (tertiary alicyclic amines) is 1. The van der Waals surface area contributed by atoms with Crippen molar-refractivity contribution in [3.63, 3.8) is 0 Å². The molecule has 4 rings (SSSR count). The van der Waals surface area contributed by atoms with Crippen molar-refractivity contribution in [2.75, 3.05) is 31.3 Å². The third-order valence-electron chi connectivity index (χ3n) is 5.91. The van der Waals surface area contributed by atoms with Crippen LogP contribution in [0.2, 0.25) is 0 Å². The summed E-state index contributed by atoms with van der Waals surface area (Å²) in [5.74, 6) is 2.83. The molecular weight excluding hydrogens is 426 g/mol. The molecule has 34 heavy (non-hydrogen) atoms. The number of fused-ring (bicyclic) bond motifs is 1. The minimum atomic E-state index is -0.251. The molecule has 7 nitrogen and oxygen atoms in total. The van der Waals surface area contributed by atoms with E-state index in [0.717, 1.165) is 30.6 Å². The first-order valence-electron chi connectivity index (χ1n) is 11.0. The number of benzene rings is 2. The molecule has 170 valence electrons. The number of terminal acetylenes is 1. The number of rotatable bonds is 6. The molecule has 2 aromatic carbocycles. The lowest BCUT2D eigenvalue weighted by molar-refractivity contribution is -0.111. The van der Waals surface area contributed by atoms with Crippen molar-refractivity contribution < 1.29 is 9.53 Å². The molecule has 1 aliphatic rings. The fourth-order valence-corrected chi connectivity index (χ4v) is 4.09. The molecule has 0 radical (unpaired) electrons. The molecule has 1 aromatic heterocycles. The van der Waals surface area contributed by atoms with Crippen molar-refractivity contribution in [1.82, 2.24) is 9.88 Å². The van der Waals surface area contributed by atoms with Crippen molar-refractivity contribution in [3.05, 3.63) is 65.9 Å². The van der Waals surface area contributed by atoms with Crippen LogP contribution in [0.1, 0.15) is 24.0 Å². The molecule has 7 heteroatoms. The molecule has 1 unspecified atom stereocenters. The van der Waals surface area contributed by atoms with Gasteiger partial charge in [0.25, 0.3) is 0 Å². The second-order valence-electron chi connectivity index (χ2n) is 8.12. The Morgan fingerprint density at radius 3 is 2.91 bits per heavy atom. The maximum absolute atomic E-state index is 12.7. The first-order valence-corrected chi connectivity index (χ1v) is 11.0. The number of pyridine rings is 1. The summed E-state index contributed by atoms with van der Waals surface area (Å²) in [4.78, 5) is 19.3. The fourth-order valence-electron chi connectivity index (χ4n) is 4.09. The number of carbonyl (C=O) groups excluding carboxylic acids is 1. The van der Waals surface area contributed by atoms with Crippen LogP contribution in [-0.2, 0) is 4.79 Å². The Labute approximate surface area is 199 Å². The molecule has 2 N–H and O–H groups in total. The van der Waals surface area contributed by atoms with E-state index in [9.17, 15) is 10.1 Å². The zero-order valence-corrected chi connectivity index (χ0v) is 19.1. The molecular formula is C27H25N5O2. The van der Waals surface area contributed by atoms with E-state index < -0.39 is 0 Å². The Bertz CT molecular complexity index is 1350. The number of nitriles is 1. The number of nitrogens with one attached hydrogen (secondary N) is 2. The zero-order chi connectivity index (χ0) is 24.1. The zero-order valence-electron chi connectivity index (χ0n) is 19.1. The topological polar surface area (TPSA) is 90.3 Å². The van der Waals surface area contributed by atoms with Crippen LogP contribution in [-0.4, -0.2) is 42.5 Å². The Balaban J connectivity index is 1.70. The van der Waals surface area contributed by atoms with E-state index in [2.05, 4.69) is 39.6 Å². The normalized spacial score (nSPS) is 15.7. The van der Waals surface area contributed by atoms with Crippen LogP contribution >= 0.6 is 0 Å². The number of carbonyl (C=O) groups is 1. The van der Waals surface area contributed by atoms with Crippen molar-refractivity contribution in [2.45, 2.75) is 18.9 Å². The summed E-state index contributed by atoms with van der Waals surface area (Å²) in [6.45, 7) is 1.03. The van der Waals surface area contributed by atoms with Crippen LogP contribution < -0.4 is 15.4 Å². The fraction of sp³-hybridized carbons (Fsp3) is 0.222. The summed E-state index contributed by atoms with van der Waals surface area (Å²) in [5.41, 5.74) is 3.50. The molecule has 1 aliphatic heterocycles. The summed E-state index contributed by atoms with van der Waals surface area (Å²) < 4.78 is 5.50. The van der Waals surface area contributed by atoms with E-state index in [1.807, 2.05) is 30.3 Å². The number of hydrogen-bond acceptors (Lipinski definition) is 6. The molecule has 1 amide bonds. The van der Waals surface area contributed by atoms with E-state index >= 15 is 0 Å². The van der Waals surface area contributed by atoms with Gasteiger partial charge < -0.3 is 15.4 Å². The second kappa shape index (κ2) is 10.1. The van der Waals surface area contributed by atoms with Crippen molar-refractivity contribution in [3.8, 4) is 24.2 Å². The predicted molar refractivity (Wildman–Crippen MR) is 134 cm³/mol. The molecule has 3 aromatic rings. The number of nitrogens with zero attached hydrogens (tertiary/aromatic N) is 3. The van der Waals surface area contributed by atoms with Gasteiger partial charge in [-0.15, -0.1) is 6.42 Å². The Hall–Kier alpha value is -4.33.